The van der Waals surface area contributed by atoms with E-state index in [1.165, 1.54) is 19.1 Å². The van der Waals surface area contributed by atoms with E-state index in [0.29, 0.717) is 40.3 Å². The minimum absolute atomic E-state index is 0.0589. The number of Topliss-reactive ketones (excluding diaryl/α,β-unsaturated/α-hetero) is 1. The lowest BCUT2D eigenvalue weighted by molar-refractivity contribution is -0.150. The van der Waals surface area contributed by atoms with Gasteiger partial charge in [0.2, 0.25) is 35.4 Å². The number of phenols is 1. The Bertz CT molecular complexity index is 3290. The molecule has 0 spiro atoms. The number of hydrogen-bond acceptors (Lipinski definition) is 22. The zero-order chi connectivity index (χ0) is 65.3. The number of nitrogens with two attached hydrogens (primary N) is 1. The van der Waals surface area contributed by atoms with Gasteiger partial charge in [0.05, 0.1) is 67.8 Å². The number of carbonyl (C=O) groups is 8. The molecule has 30 nitrogen and oxygen atoms in total. The van der Waals surface area contributed by atoms with Crippen LogP contribution in [0.1, 0.15) is 98.9 Å². The standard InChI is InChI=1S/C58H74N8O22S/c1-4-5-6-17-87-35-14-11-29(12-15-35)33-18-37(60-24-33)30-7-9-31(10-8-30)52(77)61-38-22-43(72)55(80)64-56(81)48-49(74)27(2)25-66(48)58(83)47(42(71)23-45(59)73)63-53(78)36(51(76)50(75)32-13-16-40(69)44(19-32)88-89(84,85)86)21-41(70)39-20-34(68)26-65(39)57(82)46(28(3)67)62-54(38)79/h7-16,18-19,27-28,34,36,38-39,42-43,46-51,55,67-69,71-72,74-76,80H,4-6,17,20-26H2,1-3H3,(H2,59,73)(H,61,77)(H,62,79)(H,63,78)(H,64,81)(H,84,85,86)/t27-,28+,34+,36-,38-,39-,42+,43+,46?,47-,48-,49-,50-,51-,55+/m0/s1. The van der Waals surface area contributed by atoms with E-state index >= 15 is 0 Å². The first kappa shape index (κ1) is 68.5. The fourth-order valence-electron chi connectivity index (χ4n) is 10.9. The number of nitrogens with one attached hydrogen (secondary N) is 4. The van der Waals surface area contributed by atoms with Gasteiger partial charge in [0.15, 0.2) is 23.5 Å². The number of allylic oxidation sites excluding steroid dienone is 1. The quantitative estimate of drug-likeness (QED) is 0.0439. The average Bonchev–Trinajstić information content (AvgIpc) is 2.76. The van der Waals surface area contributed by atoms with Crippen LogP contribution in [0, 0.1) is 11.8 Å². The second-order valence-corrected chi connectivity index (χ2v) is 23.5. The van der Waals surface area contributed by atoms with Crippen molar-refractivity contribution in [3.63, 3.8) is 0 Å². The highest BCUT2D eigenvalue weighted by atomic mass is 32.3. The Balaban J connectivity index is 1.22. The third kappa shape index (κ3) is 17.1. The molecule has 3 aromatic carbocycles. The molecular formula is C58H74N8O22S. The Kier molecular flexibility index (Phi) is 22.8. The number of amides is 7. The number of rotatable bonds is 18. The zero-order valence-electron chi connectivity index (χ0n) is 48.6. The van der Waals surface area contributed by atoms with Crippen LogP contribution in [-0.2, 0) is 44.0 Å². The van der Waals surface area contributed by atoms with Crippen molar-refractivity contribution in [3.8, 4) is 17.2 Å². The predicted molar refractivity (Wildman–Crippen MR) is 310 cm³/mol. The molecule has 1 unspecified atom stereocenters. The molecule has 16 N–H and O–H groups in total. The second-order valence-electron chi connectivity index (χ2n) is 22.5. The minimum atomic E-state index is -5.34. The molecule has 0 saturated carbocycles. The lowest BCUT2D eigenvalue weighted by Gasteiger charge is -2.34. The van der Waals surface area contributed by atoms with Crippen LogP contribution < -0.4 is 35.9 Å². The highest BCUT2D eigenvalue weighted by Crippen LogP contribution is 2.35. The number of unbranched alkanes of at least 4 members (excludes halogenated alkanes) is 2. The summed E-state index contributed by atoms with van der Waals surface area (Å²) < 4.78 is 42.6. The number of aliphatic imine (C=N–C) groups is 1. The molecule has 484 valence electrons. The van der Waals surface area contributed by atoms with Gasteiger partial charge in [-0.05, 0) is 78.1 Å². The summed E-state index contributed by atoms with van der Waals surface area (Å²) >= 11 is 0. The first-order chi connectivity index (χ1) is 42.0. The number of ketones is 1. The van der Waals surface area contributed by atoms with E-state index < -0.39 is 204 Å². The highest BCUT2D eigenvalue weighted by molar-refractivity contribution is 7.81. The molecule has 4 heterocycles. The van der Waals surface area contributed by atoms with E-state index in [-0.39, 0.29) is 5.56 Å². The van der Waals surface area contributed by atoms with Crippen LogP contribution in [0.15, 0.2) is 77.8 Å². The van der Waals surface area contributed by atoms with Gasteiger partial charge in [-0.2, -0.15) is 8.42 Å². The first-order valence-corrected chi connectivity index (χ1v) is 30.0. The second kappa shape index (κ2) is 29.6. The summed E-state index contributed by atoms with van der Waals surface area (Å²) in [6.07, 6.45) is -16.1. The molecule has 0 aromatic heterocycles. The van der Waals surface area contributed by atoms with Crippen molar-refractivity contribution < 1.29 is 106 Å². The average molecular weight is 1270 g/mol. The summed E-state index contributed by atoms with van der Waals surface area (Å²) in [5, 5.41) is 110. The molecular weight excluding hydrogens is 1190 g/mol. The zero-order valence-corrected chi connectivity index (χ0v) is 49.4. The lowest BCUT2D eigenvalue weighted by Crippen LogP contribution is -2.61. The van der Waals surface area contributed by atoms with Gasteiger partial charge in [-0.25, -0.2) is 0 Å². The summed E-state index contributed by atoms with van der Waals surface area (Å²) in [5.74, 6) is -15.0. The van der Waals surface area contributed by atoms with E-state index in [1.54, 1.807) is 12.1 Å². The molecule has 3 aromatic rings. The smallest absolute Gasteiger partial charge is 0.446 e. The topological polar surface area (TPSA) is 484 Å². The predicted octanol–water partition coefficient (Wildman–Crippen LogP) is -3.25. The molecule has 4 aliphatic heterocycles. The number of fused-ring (bicyclic) bond motifs is 2. The SMILES string of the molecule is CCCCCOc1ccc(C2=CC(c3ccc(C(=O)N[C@H]4C[C@@H](O)[C@@H](O)NC(=O)[C@@H]5[C@@H](O)[C@@H](C)CN5C(=O)[C@H]([C@H](O)CC(N)=O)NC(=O)[C@H]([C@H](O)[C@@H](O)c5ccc(O)c(OS(=O)(=O)O)c5)CC(=O)[C@@H]5C[C@@H](O)CN5C(=O)C([C@@H](C)O)NC4=O)cc3)=NC2)cc1. The summed E-state index contributed by atoms with van der Waals surface area (Å²) in [4.78, 5) is 120. The highest BCUT2D eigenvalue weighted by Gasteiger charge is 2.51. The van der Waals surface area contributed by atoms with Crippen molar-refractivity contribution in [2.45, 2.75) is 145 Å². The molecule has 3 fully saturated rings. The first-order valence-electron chi connectivity index (χ1n) is 28.6. The lowest BCUT2D eigenvalue weighted by atomic mass is 9.86. The van der Waals surface area contributed by atoms with Gasteiger partial charge in [-0.1, -0.05) is 57.0 Å². The van der Waals surface area contributed by atoms with Gasteiger partial charge in [-0.3, -0.25) is 47.9 Å². The number of nitrogens with zero attached hydrogens (tertiary/aromatic N) is 3. The van der Waals surface area contributed by atoms with E-state index in [1.807, 2.05) is 35.7 Å². The van der Waals surface area contributed by atoms with Crippen molar-refractivity contribution in [1.82, 2.24) is 31.1 Å². The third-order valence-corrected chi connectivity index (χ3v) is 16.2. The summed E-state index contributed by atoms with van der Waals surface area (Å²) in [6.45, 7) is 4.25. The van der Waals surface area contributed by atoms with Crippen molar-refractivity contribution in [2.75, 3.05) is 26.2 Å². The van der Waals surface area contributed by atoms with Crippen LogP contribution in [0.5, 0.6) is 17.2 Å². The fraction of sp³-hybridized carbons (Fsp3) is 0.500. The van der Waals surface area contributed by atoms with Gasteiger partial charge in [-0.15, -0.1) is 0 Å². The Morgan fingerprint density at radius 2 is 1.47 bits per heavy atom. The number of primary amides is 1. The number of aliphatic hydroxyl groups excluding tert-OH is 8. The molecule has 0 aliphatic carbocycles. The molecule has 89 heavy (non-hydrogen) atoms. The third-order valence-electron chi connectivity index (χ3n) is 15.8. The number of aromatic hydroxyl groups is 1. The van der Waals surface area contributed by atoms with Crippen LogP contribution in [0.4, 0.5) is 0 Å². The maximum atomic E-state index is 14.7. The maximum absolute atomic E-state index is 14.7. The van der Waals surface area contributed by atoms with E-state index in [2.05, 4.69) is 32.0 Å². The summed E-state index contributed by atoms with van der Waals surface area (Å²) in [5.41, 5.74) is 7.77. The molecule has 4 aliphatic rings. The molecule has 7 rings (SSSR count). The molecule has 3 saturated heterocycles. The number of benzene rings is 3. The molecule has 0 radical (unpaired) electrons. The van der Waals surface area contributed by atoms with Crippen LogP contribution in [-0.4, -0.2) is 221 Å². The van der Waals surface area contributed by atoms with Crippen LogP contribution in [0.3, 0.4) is 0 Å². The van der Waals surface area contributed by atoms with E-state index in [4.69, 9.17) is 10.5 Å². The number of ether oxygens (including phenoxy) is 1. The minimum Gasteiger partial charge on any atom is -0.504 e. The van der Waals surface area contributed by atoms with E-state index in [0.717, 1.165) is 55.2 Å². The number of phenolic OH excluding ortho intramolecular Hbond substituents is 1. The molecule has 7 amide bonds. The monoisotopic (exact) mass is 1270 g/mol. The fourth-order valence-corrected chi connectivity index (χ4v) is 11.3. The van der Waals surface area contributed by atoms with Crippen molar-refractivity contribution >= 4 is 68.8 Å². The largest absolute Gasteiger partial charge is 0.504 e. The van der Waals surface area contributed by atoms with Crippen LogP contribution >= 0.6 is 0 Å². The van der Waals surface area contributed by atoms with Crippen LogP contribution in [0.25, 0.3) is 5.57 Å². The van der Waals surface area contributed by atoms with Gasteiger partial charge < -0.3 is 91.7 Å². The number of hydrogen-bond donors (Lipinski definition) is 15. The van der Waals surface area contributed by atoms with Gasteiger partial charge in [0, 0.05) is 43.8 Å². The van der Waals surface area contributed by atoms with Crippen molar-refractivity contribution in [2.24, 2.45) is 22.6 Å². The Labute approximate surface area is 510 Å². The van der Waals surface area contributed by atoms with Gasteiger partial charge in [0.1, 0.15) is 42.1 Å². The Hall–Kier alpha value is -7.98. The number of aliphatic hydroxyl groups is 8. The van der Waals surface area contributed by atoms with Crippen molar-refractivity contribution in [3.05, 3.63) is 95.1 Å². The van der Waals surface area contributed by atoms with Crippen LogP contribution in [0.2, 0.25) is 0 Å². The van der Waals surface area contributed by atoms with Crippen molar-refractivity contribution in [1.29, 1.82) is 0 Å². The summed E-state index contributed by atoms with van der Waals surface area (Å²) in [6, 6.07) is 5.53. The number of carbonyl (C=O) groups excluding carboxylic acids is 8. The molecule has 0 bridgehead atoms. The van der Waals surface area contributed by atoms with E-state index in [9.17, 15) is 97.3 Å². The normalized spacial score (nSPS) is 27.3. The molecule has 31 heteroatoms. The van der Waals surface area contributed by atoms with Gasteiger partial charge in [0.25, 0.3) is 5.91 Å². The Morgan fingerprint density at radius 1 is 0.820 bits per heavy atom. The Morgan fingerprint density at radius 3 is 2.11 bits per heavy atom. The summed E-state index contributed by atoms with van der Waals surface area (Å²) in [7, 11) is -5.34. The van der Waals surface area contributed by atoms with Gasteiger partial charge >= 0.3 is 10.4 Å². The maximum Gasteiger partial charge on any atom is 0.446 e. The molecule has 15 atom stereocenters.